The summed E-state index contributed by atoms with van der Waals surface area (Å²) >= 11 is 0. The van der Waals surface area contributed by atoms with E-state index in [0.717, 1.165) is 23.7 Å². The predicted molar refractivity (Wildman–Crippen MR) is 96.6 cm³/mol. The Bertz CT molecular complexity index is 782. The highest BCUT2D eigenvalue weighted by atomic mass is 32.2. The molecule has 0 atom stereocenters. The van der Waals surface area contributed by atoms with Gasteiger partial charge in [-0.2, -0.15) is 4.31 Å². The SMILES string of the molecule is CC.COC1CCN(S(=O)(=O)c2ccc3cccnc3c2C)CC1. The molecule has 1 aliphatic heterocycles. The quantitative estimate of drug-likeness (QED) is 0.851. The van der Waals surface area contributed by atoms with E-state index in [4.69, 9.17) is 4.74 Å². The molecule has 132 valence electrons. The molecule has 1 saturated heterocycles. The van der Waals surface area contributed by atoms with Crippen LogP contribution in [0.3, 0.4) is 0 Å². The van der Waals surface area contributed by atoms with Crippen LogP contribution >= 0.6 is 0 Å². The Kier molecular flexibility index (Phi) is 6.32. The minimum absolute atomic E-state index is 0.158. The standard InChI is InChI=1S/C16H20N2O3S.C2H6/c1-12-15(6-5-13-4-3-9-17-16(12)13)22(19,20)18-10-7-14(21-2)8-11-18;1-2/h3-6,9,14H,7-8,10-11H2,1-2H3;1-2H3. The van der Waals surface area contributed by atoms with Crippen LogP contribution in [0.2, 0.25) is 0 Å². The molecule has 0 saturated carbocycles. The van der Waals surface area contributed by atoms with E-state index < -0.39 is 10.0 Å². The fourth-order valence-electron chi connectivity index (χ4n) is 3.00. The number of benzene rings is 1. The molecule has 0 N–H and O–H groups in total. The van der Waals surface area contributed by atoms with Crippen LogP contribution in [0.4, 0.5) is 0 Å². The van der Waals surface area contributed by atoms with Crippen molar-refractivity contribution in [2.24, 2.45) is 0 Å². The summed E-state index contributed by atoms with van der Waals surface area (Å²) in [7, 11) is -1.80. The second kappa shape index (κ2) is 8.05. The number of piperidine rings is 1. The van der Waals surface area contributed by atoms with Crippen molar-refractivity contribution in [3.05, 3.63) is 36.0 Å². The summed E-state index contributed by atoms with van der Waals surface area (Å²) in [4.78, 5) is 4.68. The molecule has 0 radical (unpaired) electrons. The van der Waals surface area contributed by atoms with E-state index in [2.05, 4.69) is 4.98 Å². The maximum Gasteiger partial charge on any atom is 0.243 e. The third-order valence-electron chi connectivity index (χ3n) is 4.33. The minimum Gasteiger partial charge on any atom is -0.381 e. The number of fused-ring (bicyclic) bond motifs is 1. The van der Waals surface area contributed by atoms with E-state index in [-0.39, 0.29) is 6.10 Å². The van der Waals surface area contributed by atoms with Gasteiger partial charge in [-0.3, -0.25) is 4.98 Å². The summed E-state index contributed by atoms with van der Waals surface area (Å²) in [5.41, 5.74) is 1.46. The van der Waals surface area contributed by atoms with Crippen molar-refractivity contribution in [3.63, 3.8) is 0 Å². The Balaban J connectivity index is 0.00000100. The third kappa shape index (κ3) is 3.61. The topological polar surface area (TPSA) is 59.5 Å². The van der Waals surface area contributed by atoms with E-state index in [1.165, 1.54) is 0 Å². The molecule has 0 unspecified atom stereocenters. The maximum absolute atomic E-state index is 12.9. The second-order valence-electron chi connectivity index (χ2n) is 5.60. The Labute approximate surface area is 144 Å². The molecule has 24 heavy (non-hydrogen) atoms. The lowest BCUT2D eigenvalue weighted by atomic mass is 10.1. The zero-order chi connectivity index (χ0) is 17.7. The zero-order valence-corrected chi connectivity index (χ0v) is 15.6. The monoisotopic (exact) mass is 350 g/mol. The highest BCUT2D eigenvalue weighted by Gasteiger charge is 2.30. The number of methoxy groups -OCH3 is 1. The van der Waals surface area contributed by atoms with Gasteiger partial charge in [-0.05, 0) is 37.5 Å². The molecular formula is C18H26N2O3S. The number of hydrogen-bond acceptors (Lipinski definition) is 4. The van der Waals surface area contributed by atoms with Crippen LogP contribution in [0.25, 0.3) is 10.9 Å². The summed E-state index contributed by atoms with van der Waals surface area (Å²) in [6.07, 6.45) is 3.32. The van der Waals surface area contributed by atoms with Gasteiger partial charge in [0, 0.05) is 31.8 Å². The van der Waals surface area contributed by atoms with Gasteiger partial charge in [0.2, 0.25) is 10.0 Å². The van der Waals surface area contributed by atoms with Crippen molar-refractivity contribution < 1.29 is 13.2 Å². The second-order valence-corrected chi connectivity index (χ2v) is 7.51. The first kappa shape index (κ1) is 18.8. The Hall–Kier alpha value is -1.50. The van der Waals surface area contributed by atoms with E-state index >= 15 is 0 Å². The van der Waals surface area contributed by atoms with Gasteiger partial charge < -0.3 is 4.74 Å². The molecule has 0 bridgehead atoms. The fourth-order valence-corrected chi connectivity index (χ4v) is 4.69. The van der Waals surface area contributed by atoms with Crippen molar-refractivity contribution in [2.45, 2.75) is 44.6 Å². The first-order valence-electron chi connectivity index (χ1n) is 8.41. The van der Waals surface area contributed by atoms with Crippen molar-refractivity contribution in [2.75, 3.05) is 20.2 Å². The Morgan fingerprint density at radius 2 is 1.83 bits per heavy atom. The van der Waals surface area contributed by atoms with Crippen LogP contribution in [0.15, 0.2) is 35.4 Å². The molecule has 1 aliphatic rings. The number of aromatic nitrogens is 1. The normalized spacial score (nSPS) is 16.7. The number of pyridine rings is 1. The number of ether oxygens (including phenoxy) is 1. The van der Waals surface area contributed by atoms with Gasteiger partial charge in [-0.1, -0.05) is 26.0 Å². The number of nitrogens with zero attached hydrogens (tertiary/aromatic N) is 2. The smallest absolute Gasteiger partial charge is 0.243 e. The lowest BCUT2D eigenvalue weighted by Gasteiger charge is -2.30. The molecule has 2 heterocycles. The first-order valence-corrected chi connectivity index (χ1v) is 9.85. The number of aryl methyl sites for hydroxylation is 1. The predicted octanol–water partition coefficient (Wildman–Crippen LogP) is 3.37. The van der Waals surface area contributed by atoms with Crippen LogP contribution in [-0.2, 0) is 14.8 Å². The summed E-state index contributed by atoms with van der Waals surface area (Å²) in [5, 5.41) is 0.956. The van der Waals surface area contributed by atoms with Gasteiger partial charge in [-0.15, -0.1) is 0 Å². The summed E-state index contributed by atoms with van der Waals surface area (Å²) in [6, 6.07) is 7.31. The van der Waals surface area contributed by atoms with Gasteiger partial charge in [0.25, 0.3) is 0 Å². The van der Waals surface area contributed by atoms with Crippen molar-refractivity contribution in [3.8, 4) is 0 Å². The average molecular weight is 350 g/mol. The lowest BCUT2D eigenvalue weighted by molar-refractivity contribution is 0.0604. The number of hydrogen-bond donors (Lipinski definition) is 0. The molecule has 1 fully saturated rings. The van der Waals surface area contributed by atoms with Gasteiger partial charge >= 0.3 is 0 Å². The highest BCUT2D eigenvalue weighted by Crippen LogP contribution is 2.28. The molecule has 0 aliphatic carbocycles. The molecule has 6 heteroatoms. The largest absolute Gasteiger partial charge is 0.381 e. The minimum atomic E-state index is -3.48. The van der Waals surface area contributed by atoms with Crippen LogP contribution in [-0.4, -0.2) is 44.0 Å². The van der Waals surface area contributed by atoms with Crippen molar-refractivity contribution >= 4 is 20.9 Å². The van der Waals surface area contributed by atoms with Gasteiger partial charge in [0.1, 0.15) is 0 Å². The number of rotatable bonds is 3. The Morgan fingerprint density at radius 3 is 2.46 bits per heavy atom. The average Bonchev–Trinajstić information content (AvgIpc) is 2.63. The number of sulfonamides is 1. The molecule has 0 spiro atoms. The summed E-state index contributed by atoms with van der Waals surface area (Å²) in [5.74, 6) is 0. The molecule has 2 aromatic rings. The molecular weight excluding hydrogens is 324 g/mol. The van der Waals surface area contributed by atoms with Crippen molar-refractivity contribution in [1.29, 1.82) is 0 Å². The van der Waals surface area contributed by atoms with Crippen molar-refractivity contribution in [1.82, 2.24) is 9.29 Å². The summed E-state index contributed by atoms with van der Waals surface area (Å²) in [6.45, 7) is 6.82. The fraction of sp³-hybridized carbons (Fsp3) is 0.500. The van der Waals surface area contributed by atoms with Gasteiger partial charge in [0.05, 0.1) is 16.5 Å². The van der Waals surface area contributed by atoms with Crippen LogP contribution < -0.4 is 0 Å². The molecule has 1 aromatic carbocycles. The third-order valence-corrected chi connectivity index (χ3v) is 6.37. The Morgan fingerprint density at radius 1 is 1.17 bits per heavy atom. The first-order chi connectivity index (χ1) is 11.5. The molecule has 3 rings (SSSR count). The van der Waals surface area contributed by atoms with E-state index in [1.807, 2.05) is 39.0 Å². The lowest BCUT2D eigenvalue weighted by Crippen LogP contribution is -2.40. The van der Waals surface area contributed by atoms with Crippen LogP contribution in [0, 0.1) is 6.92 Å². The highest BCUT2D eigenvalue weighted by molar-refractivity contribution is 7.89. The van der Waals surface area contributed by atoms with Crippen LogP contribution in [0.5, 0.6) is 0 Å². The molecule has 1 aromatic heterocycles. The van der Waals surface area contributed by atoms with E-state index in [0.29, 0.717) is 23.5 Å². The molecule has 5 nitrogen and oxygen atoms in total. The molecule has 0 amide bonds. The van der Waals surface area contributed by atoms with Crippen LogP contribution in [0.1, 0.15) is 32.3 Å². The maximum atomic E-state index is 12.9. The van der Waals surface area contributed by atoms with E-state index in [1.54, 1.807) is 23.7 Å². The zero-order valence-electron chi connectivity index (χ0n) is 14.8. The van der Waals surface area contributed by atoms with Gasteiger partial charge in [-0.25, -0.2) is 8.42 Å². The van der Waals surface area contributed by atoms with E-state index in [9.17, 15) is 8.42 Å². The van der Waals surface area contributed by atoms with Gasteiger partial charge in [0.15, 0.2) is 0 Å². The summed E-state index contributed by atoms with van der Waals surface area (Å²) < 4.78 is 32.7.